The Morgan fingerprint density at radius 1 is 1.67 bits per heavy atom. The van der Waals surface area contributed by atoms with Gasteiger partial charge >= 0.3 is 0 Å². The second kappa shape index (κ2) is 3.22. The smallest absolute Gasteiger partial charge is 0.281 e. The minimum absolute atomic E-state index is 0.743. The van der Waals surface area contributed by atoms with Crippen molar-refractivity contribution in [2.75, 3.05) is 6.26 Å². The van der Waals surface area contributed by atoms with E-state index in [-0.39, 0.29) is 0 Å². The molecule has 0 saturated heterocycles. The maximum absolute atomic E-state index is 10.0. The summed E-state index contributed by atoms with van der Waals surface area (Å²) in [5.74, 6) is 0. The molecule has 1 atom stereocenters. The van der Waals surface area contributed by atoms with Crippen molar-refractivity contribution in [1.82, 2.24) is 4.89 Å². The monoisotopic (exact) mass is 175 g/mol. The zero-order valence-electron chi connectivity index (χ0n) is 4.40. The molecule has 0 aliphatic heterocycles. The molecule has 0 heterocycles. The summed E-state index contributed by atoms with van der Waals surface area (Å²) in [5, 5.41) is 0. The molecule has 56 valence electrons. The third-order valence-corrected chi connectivity index (χ3v) is 0.974. The largest absolute Gasteiger partial charge is 0.292 e. The highest BCUT2D eigenvalue weighted by atomic mass is 32.2. The molecule has 0 bridgehead atoms. The van der Waals surface area contributed by atoms with Crippen LogP contribution in [0.5, 0.6) is 0 Å². The summed E-state index contributed by atoms with van der Waals surface area (Å²) in [4.78, 5) is 1.33. The van der Waals surface area contributed by atoms with Crippen LogP contribution in [0, 0.1) is 0 Å². The summed E-state index contributed by atoms with van der Waals surface area (Å²) in [6.07, 6.45) is 0.743. The van der Waals surface area contributed by atoms with Crippen molar-refractivity contribution >= 4 is 21.4 Å². The molecule has 1 unspecified atom stereocenters. The second-order valence-electron chi connectivity index (χ2n) is 1.12. The van der Waals surface area contributed by atoms with Crippen LogP contribution in [0.3, 0.4) is 0 Å². The molecule has 0 spiro atoms. The molecule has 0 fully saturated rings. The standard InChI is InChI=1S/CH5NO5S2/c1-9(5,6)7-2-8(3)4/h2H,1H3,(H,3,4). The highest BCUT2D eigenvalue weighted by Gasteiger charge is 2.01. The van der Waals surface area contributed by atoms with Gasteiger partial charge in [-0.1, -0.05) is 4.89 Å². The van der Waals surface area contributed by atoms with Crippen molar-refractivity contribution in [3.8, 4) is 0 Å². The number of nitrogens with one attached hydrogen (secondary N) is 1. The predicted molar refractivity (Wildman–Crippen MR) is 29.8 cm³/mol. The Balaban J connectivity index is 3.67. The van der Waals surface area contributed by atoms with E-state index in [2.05, 4.69) is 4.28 Å². The van der Waals surface area contributed by atoms with Gasteiger partial charge in [0, 0.05) is 0 Å². The van der Waals surface area contributed by atoms with Crippen molar-refractivity contribution in [2.45, 2.75) is 0 Å². The van der Waals surface area contributed by atoms with E-state index in [4.69, 9.17) is 4.55 Å². The first-order valence-electron chi connectivity index (χ1n) is 1.67. The lowest BCUT2D eigenvalue weighted by molar-refractivity contribution is 0.273. The number of hydrogen-bond donors (Lipinski definition) is 2. The van der Waals surface area contributed by atoms with Crippen molar-refractivity contribution in [1.29, 1.82) is 0 Å². The van der Waals surface area contributed by atoms with Gasteiger partial charge in [0.15, 0.2) is 0 Å². The highest BCUT2D eigenvalue weighted by Crippen LogP contribution is 1.79. The van der Waals surface area contributed by atoms with Gasteiger partial charge in [-0.25, -0.2) is 4.21 Å². The summed E-state index contributed by atoms with van der Waals surface area (Å²) in [6, 6.07) is 0. The molecule has 0 aromatic heterocycles. The minimum atomic E-state index is -3.68. The van der Waals surface area contributed by atoms with Crippen LogP contribution < -0.4 is 4.89 Å². The van der Waals surface area contributed by atoms with Crippen LogP contribution in [0.25, 0.3) is 0 Å². The van der Waals surface area contributed by atoms with Crippen molar-refractivity contribution < 1.29 is 21.5 Å². The summed E-state index contributed by atoms with van der Waals surface area (Å²) >= 11 is -2.46. The molecule has 0 aliphatic carbocycles. The summed E-state index contributed by atoms with van der Waals surface area (Å²) < 4.78 is 41.2. The van der Waals surface area contributed by atoms with Crippen LogP contribution in [0.4, 0.5) is 0 Å². The fraction of sp³-hybridized carbons (Fsp3) is 1.00. The first kappa shape index (κ1) is 8.98. The number of hydrogen-bond acceptors (Lipinski definition) is 4. The lowest BCUT2D eigenvalue weighted by atomic mass is 12.0. The topological polar surface area (TPSA) is 92.7 Å². The van der Waals surface area contributed by atoms with E-state index in [1.54, 1.807) is 0 Å². The van der Waals surface area contributed by atoms with Crippen LogP contribution in [-0.2, 0) is 25.7 Å². The molecule has 8 heteroatoms. The van der Waals surface area contributed by atoms with Crippen LogP contribution in [0.1, 0.15) is 0 Å². The molecule has 0 aromatic carbocycles. The zero-order valence-corrected chi connectivity index (χ0v) is 6.03. The van der Waals surface area contributed by atoms with Crippen molar-refractivity contribution in [3.05, 3.63) is 0 Å². The molecular formula is CH5NO5S2. The van der Waals surface area contributed by atoms with Gasteiger partial charge in [0.1, 0.15) is 0 Å². The fourth-order valence-electron chi connectivity index (χ4n) is 0.0909. The summed E-state index contributed by atoms with van der Waals surface area (Å²) in [6.45, 7) is 0. The van der Waals surface area contributed by atoms with Gasteiger partial charge in [0.05, 0.1) is 6.26 Å². The van der Waals surface area contributed by atoms with Crippen molar-refractivity contribution in [3.63, 3.8) is 0 Å². The van der Waals surface area contributed by atoms with Crippen LogP contribution >= 0.6 is 0 Å². The Morgan fingerprint density at radius 2 is 2.11 bits per heavy atom. The Kier molecular flexibility index (Phi) is 3.22. The molecule has 9 heavy (non-hydrogen) atoms. The van der Waals surface area contributed by atoms with Gasteiger partial charge < -0.3 is 0 Å². The molecule has 6 nitrogen and oxygen atoms in total. The molecule has 0 rings (SSSR count). The van der Waals surface area contributed by atoms with E-state index in [0.29, 0.717) is 0 Å². The molecular weight excluding hydrogens is 170 g/mol. The van der Waals surface area contributed by atoms with E-state index in [1.165, 1.54) is 4.89 Å². The SMILES string of the molecule is CS(=O)(=O)ONS(=O)O. The number of rotatable bonds is 3. The fourth-order valence-corrected chi connectivity index (χ4v) is 0.818. The summed E-state index contributed by atoms with van der Waals surface area (Å²) in [7, 11) is -3.68. The predicted octanol–water partition coefficient (Wildman–Crippen LogP) is -1.40. The molecule has 2 N–H and O–H groups in total. The van der Waals surface area contributed by atoms with Crippen LogP contribution in [0.2, 0.25) is 0 Å². The summed E-state index contributed by atoms with van der Waals surface area (Å²) in [5.41, 5.74) is 0. The van der Waals surface area contributed by atoms with Gasteiger partial charge in [-0.05, 0) is 0 Å². The van der Waals surface area contributed by atoms with Gasteiger partial charge in [-0.15, -0.1) is 0 Å². The van der Waals surface area contributed by atoms with Gasteiger partial charge in [-0.3, -0.25) is 4.55 Å². The van der Waals surface area contributed by atoms with E-state index in [1.807, 2.05) is 0 Å². The molecule has 0 saturated carbocycles. The lowest BCUT2D eigenvalue weighted by Crippen LogP contribution is -2.20. The first-order valence-corrected chi connectivity index (χ1v) is 4.59. The third-order valence-electron chi connectivity index (χ3n) is 0.257. The molecule has 0 aromatic rings. The second-order valence-corrected chi connectivity index (χ2v) is 3.36. The van der Waals surface area contributed by atoms with Gasteiger partial charge in [0.25, 0.3) is 21.4 Å². The van der Waals surface area contributed by atoms with E-state index in [9.17, 15) is 12.6 Å². The van der Waals surface area contributed by atoms with Gasteiger partial charge in [-0.2, -0.15) is 12.7 Å². The zero-order chi connectivity index (χ0) is 7.49. The van der Waals surface area contributed by atoms with Gasteiger partial charge in [0.2, 0.25) is 0 Å². The Bertz CT molecular complexity index is 193. The first-order chi connectivity index (χ1) is 3.92. The third kappa shape index (κ3) is 7.98. The molecule has 0 amide bonds. The van der Waals surface area contributed by atoms with E-state index in [0.717, 1.165) is 6.26 Å². The molecule has 0 aliphatic rings. The Labute approximate surface area is 54.7 Å². The maximum Gasteiger partial charge on any atom is 0.281 e. The van der Waals surface area contributed by atoms with E-state index < -0.39 is 21.4 Å². The maximum atomic E-state index is 10.0. The quantitative estimate of drug-likeness (QED) is 0.406. The average molecular weight is 175 g/mol. The normalized spacial score (nSPS) is 15.3. The highest BCUT2D eigenvalue weighted by molar-refractivity contribution is 7.86. The van der Waals surface area contributed by atoms with Crippen LogP contribution in [0.15, 0.2) is 0 Å². The van der Waals surface area contributed by atoms with Crippen molar-refractivity contribution in [2.24, 2.45) is 0 Å². The average Bonchev–Trinajstić information content (AvgIpc) is 1.59. The van der Waals surface area contributed by atoms with Crippen LogP contribution in [-0.4, -0.2) is 23.4 Å². The van der Waals surface area contributed by atoms with E-state index >= 15 is 0 Å². The Morgan fingerprint density at radius 3 is 2.22 bits per heavy atom. The lowest BCUT2D eigenvalue weighted by Gasteiger charge is -1.94. The molecule has 0 radical (unpaired) electrons. The minimum Gasteiger partial charge on any atom is -0.292 e. The Hall–Kier alpha value is -0.0200.